The third-order valence-electron chi connectivity index (χ3n) is 4.86. The molecule has 0 radical (unpaired) electrons. The van der Waals surface area contributed by atoms with E-state index >= 15 is 0 Å². The molecule has 4 nitrogen and oxygen atoms in total. The van der Waals surface area contributed by atoms with E-state index in [-0.39, 0.29) is 0 Å². The molecule has 2 aromatic carbocycles. The van der Waals surface area contributed by atoms with Crippen molar-refractivity contribution in [2.24, 2.45) is 4.99 Å². The summed E-state index contributed by atoms with van der Waals surface area (Å²) in [6.45, 7) is 5.15. The Morgan fingerprint density at radius 2 is 1.71 bits per heavy atom. The van der Waals surface area contributed by atoms with Crippen molar-refractivity contribution in [3.63, 3.8) is 0 Å². The van der Waals surface area contributed by atoms with E-state index in [2.05, 4.69) is 26.0 Å². The highest BCUT2D eigenvalue weighted by molar-refractivity contribution is 5.79. The number of fused-ring (bicyclic) bond motifs is 1. The first kappa shape index (κ1) is 20.0. The van der Waals surface area contributed by atoms with Gasteiger partial charge in [-0.3, -0.25) is 4.99 Å². The van der Waals surface area contributed by atoms with Crippen LogP contribution in [0.25, 0.3) is 22.3 Å². The smallest absolute Gasteiger partial charge is 0.161 e. The molecule has 0 saturated heterocycles. The lowest BCUT2D eigenvalue weighted by molar-refractivity contribution is 0.355. The van der Waals surface area contributed by atoms with Crippen LogP contribution in [0.15, 0.2) is 51.9 Å². The van der Waals surface area contributed by atoms with Crippen LogP contribution in [-0.4, -0.2) is 20.8 Å². The second kappa shape index (κ2) is 9.45. The van der Waals surface area contributed by atoms with Gasteiger partial charge in [-0.2, -0.15) is 0 Å². The molecule has 148 valence electrons. The summed E-state index contributed by atoms with van der Waals surface area (Å²) in [5, 5.41) is 2.03. The maximum absolute atomic E-state index is 6.21. The van der Waals surface area contributed by atoms with Gasteiger partial charge in [0.15, 0.2) is 11.5 Å². The van der Waals surface area contributed by atoms with E-state index < -0.39 is 0 Å². The fraction of sp³-hybridized carbons (Fsp3) is 0.375. The molecule has 0 aliphatic heterocycles. The number of nitrogens with zero attached hydrogens (tertiary/aromatic N) is 1. The second-order valence-corrected chi connectivity index (χ2v) is 7.01. The molecule has 3 aromatic rings. The summed E-state index contributed by atoms with van der Waals surface area (Å²) in [4.78, 5) is 4.89. The Kier molecular flexibility index (Phi) is 6.75. The number of ether oxygens (including phenoxy) is 2. The molecule has 0 aliphatic rings. The topological polar surface area (TPSA) is 44.0 Å². The Morgan fingerprint density at radius 1 is 0.893 bits per heavy atom. The molecule has 1 heterocycles. The highest BCUT2D eigenvalue weighted by Gasteiger charge is 2.10. The van der Waals surface area contributed by atoms with E-state index in [4.69, 9.17) is 18.9 Å². The van der Waals surface area contributed by atoms with Gasteiger partial charge >= 0.3 is 0 Å². The summed E-state index contributed by atoms with van der Waals surface area (Å²) in [5.74, 6) is 2.14. The zero-order valence-electron chi connectivity index (χ0n) is 17.2. The molecule has 3 rings (SSSR count). The highest BCUT2D eigenvalue weighted by Crippen LogP contribution is 2.32. The van der Waals surface area contributed by atoms with Gasteiger partial charge in [0.05, 0.1) is 19.6 Å². The third-order valence-corrected chi connectivity index (χ3v) is 4.86. The Bertz CT molecular complexity index is 1000. The monoisotopic (exact) mass is 379 g/mol. The van der Waals surface area contributed by atoms with Gasteiger partial charge in [0.2, 0.25) is 0 Å². The first-order valence-electron chi connectivity index (χ1n) is 9.93. The molecule has 0 fully saturated rings. The van der Waals surface area contributed by atoms with E-state index in [9.17, 15) is 0 Å². The van der Waals surface area contributed by atoms with Crippen molar-refractivity contribution >= 4 is 11.0 Å². The van der Waals surface area contributed by atoms with Crippen LogP contribution in [0.1, 0.15) is 38.2 Å². The molecule has 0 amide bonds. The molecule has 4 heteroatoms. The van der Waals surface area contributed by atoms with Gasteiger partial charge in [0.1, 0.15) is 11.3 Å². The van der Waals surface area contributed by atoms with Gasteiger partial charge in [0, 0.05) is 23.6 Å². The lowest BCUT2D eigenvalue weighted by Gasteiger charge is -2.10. The number of aryl methyl sites for hydroxylation is 1. The van der Waals surface area contributed by atoms with E-state index in [1.807, 2.05) is 30.3 Å². The summed E-state index contributed by atoms with van der Waals surface area (Å²) in [6, 6.07) is 14.1. The Morgan fingerprint density at radius 3 is 2.46 bits per heavy atom. The van der Waals surface area contributed by atoms with Crippen LogP contribution < -0.4 is 14.8 Å². The zero-order chi connectivity index (χ0) is 19.9. The second-order valence-electron chi connectivity index (χ2n) is 7.01. The SMILES string of the molecule is CCCCCCN=c1cc(-c2ccc(OC)c(OC)c2)oc2ccc(C)cc12. The van der Waals surface area contributed by atoms with Crippen LogP contribution in [0.2, 0.25) is 0 Å². The average molecular weight is 380 g/mol. The van der Waals surface area contributed by atoms with E-state index in [1.165, 1.54) is 24.8 Å². The first-order chi connectivity index (χ1) is 13.7. The van der Waals surface area contributed by atoms with Crippen LogP contribution in [0, 0.1) is 6.92 Å². The number of unbranched alkanes of at least 4 members (excludes halogenated alkanes) is 3. The van der Waals surface area contributed by atoms with E-state index in [1.54, 1.807) is 14.2 Å². The molecule has 0 N–H and O–H groups in total. The third kappa shape index (κ3) is 4.56. The maximum Gasteiger partial charge on any atom is 0.161 e. The Balaban J connectivity index is 2.06. The molecular weight excluding hydrogens is 350 g/mol. The van der Waals surface area contributed by atoms with Gasteiger partial charge in [-0.1, -0.05) is 37.8 Å². The lowest BCUT2D eigenvalue weighted by atomic mass is 10.1. The number of rotatable bonds is 8. The van der Waals surface area contributed by atoms with Crippen LogP contribution in [-0.2, 0) is 0 Å². The fourth-order valence-electron chi connectivity index (χ4n) is 3.28. The van der Waals surface area contributed by atoms with Crippen molar-refractivity contribution in [3.05, 3.63) is 53.4 Å². The predicted molar refractivity (Wildman–Crippen MR) is 114 cm³/mol. The zero-order valence-corrected chi connectivity index (χ0v) is 17.2. The molecule has 0 unspecified atom stereocenters. The minimum Gasteiger partial charge on any atom is -0.493 e. The number of benzene rings is 2. The minimum atomic E-state index is 0.678. The molecule has 0 atom stereocenters. The van der Waals surface area contributed by atoms with Gasteiger partial charge < -0.3 is 13.9 Å². The number of hydrogen-bond acceptors (Lipinski definition) is 4. The van der Waals surface area contributed by atoms with Crippen LogP contribution in [0.3, 0.4) is 0 Å². The van der Waals surface area contributed by atoms with Crippen molar-refractivity contribution in [1.29, 1.82) is 0 Å². The largest absolute Gasteiger partial charge is 0.493 e. The quantitative estimate of drug-likeness (QED) is 0.457. The first-order valence-corrected chi connectivity index (χ1v) is 9.93. The standard InChI is InChI=1S/C24H29NO3/c1-5-6-7-8-13-25-20-16-23(28-21-11-9-17(2)14-19(20)21)18-10-12-22(26-3)24(15-18)27-4/h9-12,14-16H,5-8,13H2,1-4H3. The van der Waals surface area contributed by atoms with Crippen molar-refractivity contribution in [1.82, 2.24) is 0 Å². The van der Waals surface area contributed by atoms with E-state index in [0.717, 1.165) is 40.6 Å². The number of hydrogen-bond donors (Lipinski definition) is 0. The van der Waals surface area contributed by atoms with Crippen molar-refractivity contribution in [3.8, 4) is 22.8 Å². The molecule has 1 aromatic heterocycles. The highest BCUT2D eigenvalue weighted by atomic mass is 16.5. The predicted octanol–water partition coefficient (Wildman–Crippen LogP) is 5.91. The van der Waals surface area contributed by atoms with Gasteiger partial charge in [-0.05, 0) is 43.7 Å². The van der Waals surface area contributed by atoms with Gasteiger partial charge in [0.25, 0.3) is 0 Å². The van der Waals surface area contributed by atoms with Crippen molar-refractivity contribution in [2.45, 2.75) is 39.5 Å². The van der Waals surface area contributed by atoms with Gasteiger partial charge in [-0.15, -0.1) is 0 Å². The molecule has 0 bridgehead atoms. The minimum absolute atomic E-state index is 0.678. The normalized spacial score (nSPS) is 11.8. The molecule has 0 saturated carbocycles. The molecular formula is C24H29NO3. The molecule has 0 spiro atoms. The lowest BCUT2D eigenvalue weighted by Crippen LogP contribution is -2.05. The summed E-state index contributed by atoms with van der Waals surface area (Å²) in [5.41, 5.74) is 2.97. The van der Waals surface area contributed by atoms with Gasteiger partial charge in [-0.25, -0.2) is 0 Å². The average Bonchev–Trinajstić information content (AvgIpc) is 2.73. The van der Waals surface area contributed by atoms with Crippen molar-refractivity contribution in [2.75, 3.05) is 20.8 Å². The molecule has 28 heavy (non-hydrogen) atoms. The van der Waals surface area contributed by atoms with E-state index in [0.29, 0.717) is 11.5 Å². The van der Waals surface area contributed by atoms with Crippen molar-refractivity contribution < 1.29 is 13.9 Å². The summed E-state index contributed by atoms with van der Waals surface area (Å²) in [7, 11) is 3.27. The van der Waals surface area contributed by atoms with Crippen LogP contribution in [0.5, 0.6) is 11.5 Å². The Labute approximate surface area is 166 Å². The maximum atomic E-state index is 6.21. The Hall–Kier alpha value is -2.75. The fourth-order valence-corrected chi connectivity index (χ4v) is 3.28. The molecule has 0 aliphatic carbocycles. The van der Waals surface area contributed by atoms with Crippen LogP contribution in [0.4, 0.5) is 0 Å². The summed E-state index contributed by atoms with van der Waals surface area (Å²) < 4.78 is 17.0. The number of methoxy groups -OCH3 is 2. The summed E-state index contributed by atoms with van der Waals surface area (Å²) in [6.07, 6.45) is 4.82. The van der Waals surface area contributed by atoms with Crippen LogP contribution >= 0.6 is 0 Å². The summed E-state index contributed by atoms with van der Waals surface area (Å²) >= 11 is 0.